The molecule has 0 aromatic carbocycles. The van der Waals surface area contributed by atoms with Crippen molar-refractivity contribution in [2.75, 3.05) is 0 Å². The molecule has 0 saturated heterocycles. The van der Waals surface area contributed by atoms with E-state index in [1.165, 1.54) is 23.6 Å². The Morgan fingerprint density at radius 1 is 1.42 bits per heavy atom. The predicted molar refractivity (Wildman–Crippen MR) is 43.1 cm³/mol. The van der Waals surface area contributed by atoms with Gasteiger partial charge < -0.3 is 0 Å². The molecule has 0 aliphatic heterocycles. The SMILES string of the molecule is Fc1ccnc(-c2cncs2)n1. The summed E-state index contributed by atoms with van der Waals surface area (Å²) in [7, 11) is 0. The molecule has 0 unspecified atom stereocenters. The largest absolute Gasteiger partial charge is 0.252 e. The second-order valence-electron chi connectivity index (χ2n) is 2.07. The Hall–Kier alpha value is -1.36. The van der Waals surface area contributed by atoms with Crippen molar-refractivity contribution >= 4 is 11.3 Å². The van der Waals surface area contributed by atoms with Crippen LogP contribution < -0.4 is 0 Å². The van der Waals surface area contributed by atoms with Gasteiger partial charge in [-0.2, -0.15) is 9.37 Å². The van der Waals surface area contributed by atoms with Gasteiger partial charge in [-0.3, -0.25) is 4.98 Å². The summed E-state index contributed by atoms with van der Waals surface area (Å²) >= 11 is 1.38. The van der Waals surface area contributed by atoms with E-state index in [-0.39, 0.29) is 0 Å². The van der Waals surface area contributed by atoms with Crippen molar-refractivity contribution in [3.63, 3.8) is 0 Å². The molecular weight excluding hydrogens is 177 g/mol. The maximum absolute atomic E-state index is 12.6. The molecule has 0 amide bonds. The molecule has 2 aromatic rings. The normalized spacial score (nSPS) is 10.1. The van der Waals surface area contributed by atoms with E-state index in [4.69, 9.17) is 0 Å². The Kier molecular flexibility index (Phi) is 1.79. The zero-order valence-electron chi connectivity index (χ0n) is 5.94. The summed E-state index contributed by atoms with van der Waals surface area (Å²) in [6, 6.07) is 1.21. The lowest BCUT2D eigenvalue weighted by molar-refractivity contribution is 0.581. The zero-order valence-corrected chi connectivity index (χ0v) is 6.75. The van der Waals surface area contributed by atoms with Crippen molar-refractivity contribution in [3.05, 3.63) is 29.9 Å². The van der Waals surface area contributed by atoms with Crippen molar-refractivity contribution < 1.29 is 4.39 Å². The molecule has 5 heteroatoms. The highest BCUT2D eigenvalue weighted by atomic mass is 32.1. The first-order chi connectivity index (χ1) is 5.86. The molecular formula is C7H4FN3S. The average molecular weight is 181 g/mol. The molecule has 0 N–H and O–H groups in total. The molecule has 0 fully saturated rings. The second kappa shape index (κ2) is 2.94. The topological polar surface area (TPSA) is 38.7 Å². The predicted octanol–water partition coefficient (Wildman–Crippen LogP) is 1.74. The molecule has 2 heterocycles. The van der Waals surface area contributed by atoms with E-state index in [0.29, 0.717) is 5.82 Å². The molecule has 0 aliphatic carbocycles. The minimum atomic E-state index is -0.520. The number of aromatic nitrogens is 3. The van der Waals surface area contributed by atoms with Crippen LogP contribution in [0.3, 0.4) is 0 Å². The average Bonchev–Trinajstić information content (AvgIpc) is 2.56. The second-order valence-corrected chi connectivity index (χ2v) is 2.96. The molecule has 0 saturated carbocycles. The van der Waals surface area contributed by atoms with Gasteiger partial charge in [-0.05, 0) is 0 Å². The molecule has 0 spiro atoms. The number of hydrogen-bond donors (Lipinski definition) is 0. The van der Waals surface area contributed by atoms with Gasteiger partial charge in [0.1, 0.15) is 0 Å². The number of thiazole rings is 1. The third-order valence-electron chi connectivity index (χ3n) is 1.27. The van der Waals surface area contributed by atoms with Gasteiger partial charge in [-0.15, -0.1) is 11.3 Å². The summed E-state index contributed by atoms with van der Waals surface area (Å²) in [5.74, 6) is -0.133. The van der Waals surface area contributed by atoms with Crippen molar-refractivity contribution in [2.24, 2.45) is 0 Å². The highest BCUT2D eigenvalue weighted by Gasteiger charge is 2.02. The van der Waals surface area contributed by atoms with Crippen LogP contribution in [0.15, 0.2) is 24.0 Å². The Morgan fingerprint density at radius 2 is 2.33 bits per heavy atom. The van der Waals surface area contributed by atoms with Gasteiger partial charge in [0.05, 0.1) is 10.4 Å². The van der Waals surface area contributed by atoms with E-state index < -0.39 is 5.95 Å². The van der Waals surface area contributed by atoms with Gasteiger partial charge in [0, 0.05) is 18.5 Å². The Bertz CT molecular complexity index is 374. The number of nitrogens with zero attached hydrogens (tertiary/aromatic N) is 3. The van der Waals surface area contributed by atoms with Crippen LogP contribution in [-0.4, -0.2) is 15.0 Å². The van der Waals surface area contributed by atoms with Crippen molar-refractivity contribution in [3.8, 4) is 10.7 Å². The summed E-state index contributed by atoms with van der Waals surface area (Å²) < 4.78 is 12.6. The molecule has 0 radical (unpaired) electrons. The number of halogens is 1. The first-order valence-corrected chi connectivity index (χ1v) is 4.11. The van der Waals surface area contributed by atoms with Crippen LogP contribution in [0.1, 0.15) is 0 Å². The van der Waals surface area contributed by atoms with E-state index >= 15 is 0 Å². The minimum absolute atomic E-state index is 0.387. The molecule has 0 bridgehead atoms. The van der Waals surface area contributed by atoms with Crippen molar-refractivity contribution in [1.29, 1.82) is 0 Å². The molecule has 0 aliphatic rings. The fraction of sp³-hybridized carbons (Fsp3) is 0. The summed E-state index contributed by atoms with van der Waals surface area (Å²) in [4.78, 5) is 12.1. The van der Waals surface area contributed by atoms with Crippen LogP contribution in [-0.2, 0) is 0 Å². The van der Waals surface area contributed by atoms with Gasteiger partial charge in [-0.25, -0.2) is 4.98 Å². The lowest BCUT2D eigenvalue weighted by atomic mass is 10.5. The molecule has 0 atom stereocenters. The Labute approximate surface area is 72.0 Å². The van der Waals surface area contributed by atoms with Crippen molar-refractivity contribution in [1.82, 2.24) is 15.0 Å². The van der Waals surface area contributed by atoms with Gasteiger partial charge in [0.2, 0.25) is 5.95 Å². The molecule has 2 aromatic heterocycles. The van der Waals surface area contributed by atoms with Crippen molar-refractivity contribution in [2.45, 2.75) is 0 Å². The summed E-state index contributed by atoms with van der Waals surface area (Å²) in [5.41, 5.74) is 1.66. The lowest BCUT2D eigenvalue weighted by Gasteiger charge is -1.92. The molecule has 3 nitrogen and oxygen atoms in total. The van der Waals surface area contributed by atoms with Gasteiger partial charge >= 0.3 is 0 Å². The van der Waals surface area contributed by atoms with Crippen LogP contribution >= 0.6 is 11.3 Å². The van der Waals surface area contributed by atoms with E-state index in [1.54, 1.807) is 11.7 Å². The Morgan fingerprint density at radius 3 is 3.00 bits per heavy atom. The monoisotopic (exact) mass is 181 g/mol. The van der Waals surface area contributed by atoms with E-state index in [0.717, 1.165) is 4.88 Å². The first kappa shape index (κ1) is 7.30. The van der Waals surface area contributed by atoms with Gasteiger partial charge in [0.25, 0.3) is 0 Å². The maximum Gasteiger partial charge on any atom is 0.216 e. The smallest absolute Gasteiger partial charge is 0.216 e. The summed E-state index contributed by atoms with van der Waals surface area (Å²) in [6.45, 7) is 0. The lowest BCUT2D eigenvalue weighted by Crippen LogP contribution is -1.88. The van der Waals surface area contributed by atoms with Crippen LogP contribution in [0.5, 0.6) is 0 Å². The number of rotatable bonds is 1. The first-order valence-electron chi connectivity index (χ1n) is 3.23. The van der Waals surface area contributed by atoms with E-state index in [1.807, 2.05) is 0 Å². The third-order valence-corrected chi connectivity index (χ3v) is 2.04. The molecule has 2 rings (SSSR count). The minimum Gasteiger partial charge on any atom is -0.252 e. The van der Waals surface area contributed by atoms with E-state index in [9.17, 15) is 4.39 Å². The van der Waals surface area contributed by atoms with E-state index in [2.05, 4.69) is 15.0 Å². The fourth-order valence-corrected chi connectivity index (χ4v) is 1.34. The van der Waals surface area contributed by atoms with Gasteiger partial charge in [0.15, 0.2) is 5.82 Å². The van der Waals surface area contributed by atoms with Gasteiger partial charge in [-0.1, -0.05) is 0 Å². The van der Waals surface area contributed by atoms with Crippen LogP contribution in [0.4, 0.5) is 4.39 Å². The summed E-state index contributed by atoms with van der Waals surface area (Å²) in [5, 5.41) is 0. The Balaban J connectivity index is 2.48. The third kappa shape index (κ3) is 1.31. The van der Waals surface area contributed by atoms with Crippen LogP contribution in [0.2, 0.25) is 0 Å². The van der Waals surface area contributed by atoms with Crippen LogP contribution in [0.25, 0.3) is 10.7 Å². The maximum atomic E-state index is 12.6. The zero-order chi connectivity index (χ0) is 8.39. The fourth-order valence-electron chi connectivity index (χ4n) is 0.782. The standard InChI is InChI=1S/C7H4FN3S/c8-6-1-2-10-7(11-6)5-3-9-4-12-5/h1-4H. The van der Waals surface area contributed by atoms with Crippen LogP contribution in [0, 0.1) is 5.95 Å². The molecule has 60 valence electrons. The highest BCUT2D eigenvalue weighted by molar-refractivity contribution is 7.13. The number of hydrogen-bond acceptors (Lipinski definition) is 4. The highest BCUT2D eigenvalue weighted by Crippen LogP contribution is 2.17. The quantitative estimate of drug-likeness (QED) is 0.629. The molecule has 12 heavy (non-hydrogen) atoms. The summed E-state index contributed by atoms with van der Waals surface area (Å²) in [6.07, 6.45) is 3.00.